The third kappa shape index (κ3) is 2.38. The molecule has 0 aromatic heterocycles. The molecular weight excluding hydrogens is 536 g/mol. The molecule has 11 nitrogen and oxygen atoms in total. The van der Waals surface area contributed by atoms with E-state index in [-0.39, 0.29) is 51.1 Å². The molecule has 5 bridgehead atoms. The van der Waals surface area contributed by atoms with E-state index in [1.807, 2.05) is 6.92 Å². The van der Waals surface area contributed by atoms with Crippen LogP contribution >= 0.6 is 0 Å². The number of esters is 2. The monoisotopic (exact) mass is 572 g/mol. The van der Waals surface area contributed by atoms with Gasteiger partial charge in [-0.3, -0.25) is 14.4 Å². The van der Waals surface area contributed by atoms with Gasteiger partial charge in [-0.05, 0) is 70.3 Å². The number of aliphatic hydroxyl groups is 2. The minimum absolute atomic E-state index is 0.115. The topological polar surface area (TPSA) is 155 Å². The molecule has 0 unspecified atom stereocenters. The Morgan fingerprint density at radius 1 is 1.10 bits per heavy atom. The molecule has 0 aromatic carbocycles. The van der Waals surface area contributed by atoms with E-state index in [2.05, 4.69) is 0 Å². The van der Waals surface area contributed by atoms with Gasteiger partial charge in [-0.2, -0.15) is 0 Å². The Morgan fingerprint density at radius 2 is 1.85 bits per heavy atom. The SMILES string of the molecule is CCO[C@@H]1C[C@@H]2[C@H](CC[C@]3(O)C(=O)O[C@@]4(C)[C@H]5C[C@]6(C)[C@@H](CO[C@]27O[C@@]43[C@H]6C7=O)C(=O)O5)[C@@]2(C)C(=O)C=CC[C@]12O. The summed E-state index contributed by atoms with van der Waals surface area (Å²) >= 11 is 0. The molecule has 3 aliphatic carbocycles. The van der Waals surface area contributed by atoms with Gasteiger partial charge in [0.05, 0.1) is 30.0 Å². The van der Waals surface area contributed by atoms with Gasteiger partial charge in [0.2, 0.25) is 5.79 Å². The second-order valence-electron chi connectivity index (χ2n) is 14.2. The van der Waals surface area contributed by atoms with E-state index in [0.717, 1.165) is 0 Å². The summed E-state index contributed by atoms with van der Waals surface area (Å²) in [7, 11) is 0. The van der Waals surface area contributed by atoms with Crippen molar-refractivity contribution in [3.8, 4) is 0 Å². The molecular formula is C30H36O11. The maximum absolute atomic E-state index is 15.1. The zero-order chi connectivity index (χ0) is 29.2. The number of hydrogen-bond acceptors (Lipinski definition) is 11. The second kappa shape index (κ2) is 7.30. The lowest BCUT2D eigenvalue weighted by Gasteiger charge is -2.64. The first-order chi connectivity index (χ1) is 19.2. The minimum atomic E-state index is -2.29. The van der Waals surface area contributed by atoms with E-state index >= 15 is 4.79 Å². The quantitative estimate of drug-likeness (QED) is 0.451. The van der Waals surface area contributed by atoms with Crippen LogP contribution < -0.4 is 0 Å². The third-order valence-electron chi connectivity index (χ3n) is 13.0. The molecule has 0 amide bonds. The van der Waals surface area contributed by atoms with Gasteiger partial charge in [-0.25, -0.2) is 4.79 Å². The average Bonchev–Trinajstić information content (AvgIpc) is 3.23. The summed E-state index contributed by atoms with van der Waals surface area (Å²) < 4.78 is 31.4. The molecule has 2 N–H and O–H groups in total. The fraction of sp³-hybridized carbons (Fsp3) is 0.800. The van der Waals surface area contributed by atoms with Crippen molar-refractivity contribution in [2.24, 2.45) is 34.5 Å². The Kier molecular flexibility index (Phi) is 4.71. The summed E-state index contributed by atoms with van der Waals surface area (Å²) in [6.45, 7) is 6.99. The number of Topliss-reactive ketones (excluding diaryl/α,β-unsaturated/α-hetero) is 1. The Hall–Kier alpha value is -2.18. The number of fused-ring (bicyclic) bond motifs is 5. The first-order valence-corrected chi connectivity index (χ1v) is 14.8. The van der Waals surface area contributed by atoms with E-state index < -0.39 is 92.6 Å². The molecule has 5 aliphatic heterocycles. The lowest BCUT2D eigenvalue weighted by molar-refractivity contribution is -0.382. The number of hydrogen-bond donors (Lipinski definition) is 2. The molecule has 5 saturated heterocycles. The van der Waals surface area contributed by atoms with Crippen molar-refractivity contribution in [1.82, 2.24) is 0 Å². The molecule has 0 radical (unpaired) electrons. The van der Waals surface area contributed by atoms with Crippen LogP contribution in [0.2, 0.25) is 0 Å². The van der Waals surface area contributed by atoms with Crippen LogP contribution in [0.25, 0.3) is 0 Å². The van der Waals surface area contributed by atoms with E-state index in [1.165, 1.54) is 6.08 Å². The van der Waals surface area contributed by atoms with Crippen molar-refractivity contribution in [2.45, 2.75) is 100 Å². The number of ether oxygens (including phenoxy) is 5. The normalized spacial score (nSPS) is 59.6. The van der Waals surface area contributed by atoms with Crippen LogP contribution in [0.4, 0.5) is 0 Å². The molecule has 0 aromatic rings. The van der Waals surface area contributed by atoms with Crippen molar-refractivity contribution in [3.63, 3.8) is 0 Å². The van der Waals surface area contributed by atoms with Gasteiger partial charge >= 0.3 is 11.9 Å². The second-order valence-corrected chi connectivity index (χ2v) is 14.2. The molecule has 7 fully saturated rings. The summed E-state index contributed by atoms with van der Waals surface area (Å²) in [6, 6.07) is 0. The minimum Gasteiger partial charge on any atom is -0.458 e. The highest BCUT2D eigenvalue weighted by Crippen LogP contribution is 2.75. The van der Waals surface area contributed by atoms with Gasteiger partial charge in [-0.15, -0.1) is 0 Å². The zero-order valence-electron chi connectivity index (χ0n) is 23.6. The largest absolute Gasteiger partial charge is 0.458 e. The molecule has 2 saturated carbocycles. The molecule has 11 heteroatoms. The molecule has 2 spiro atoms. The fourth-order valence-electron chi connectivity index (χ4n) is 10.9. The third-order valence-corrected chi connectivity index (χ3v) is 13.0. The van der Waals surface area contributed by atoms with Gasteiger partial charge in [-0.1, -0.05) is 13.0 Å². The number of rotatable bonds is 2. The highest BCUT2D eigenvalue weighted by molar-refractivity contribution is 6.00. The number of allylic oxidation sites excluding steroid dienone is 1. The molecule has 5 heterocycles. The van der Waals surface area contributed by atoms with Gasteiger partial charge in [0.1, 0.15) is 11.7 Å². The molecule has 8 aliphatic rings. The molecule has 222 valence electrons. The van der Waals surface area contributed by atoms with Crippen molar-refractivity contribution in [2.75, 3.05) is 13.2 Å². The van der Waals surface area contributed by atoms with Crippen LogP contribution in [0.3, 0.4) is 0 Å². The average molecular weight is 573 g/mol. The number of carbonyl (C=O) groups excluding carboxylic acids is 4. The smallest absolute Gasteiger partial charge is 0.342 e. The highest BCUT2D eigenvalue weighted by atomic mass is 16.8. The van der Waals surface area contributed by atoms with E-state index in [4.69, 9.17) is 23.7 Å². The molecule has 13 atom stereocenters. The van der Waals surface area contributed by atoms with E-state index in [9.17, 15) is 24.6 Å². The van der Waals surface area contributed by atoms with Crippen LogP contribution in [-0.2, 0) is 42.9 Å². The lowest BCUT2D eigenvalue weighted by Crippen LogP contribution is -2.79. The predicted octanol–water partition coefficient (Wildman–Crippen LogP) is 0.767. The van der Waals surface area contributed by atoms with Crippen LogP contribution in [0.5, 0.6) is 0 Å². The van der Waals surface area contributed by atoms with E-state index in [0.29, 0.717) is 0 Å². The van der Waals surface area contributed by atoms with Gasteiger partial charge in [0, 0.05) is 12.5 Å². The van der Waals surface area contributed by atoms with Gasteiger partial charge in [0.15, 0.2) is 28.4 Å². The first kappa shape index (κ1) is 26.4. The Labute approximate surface area is 236 Å². The standard InChI is InChI=1S/C30H36O11/c1-5-37-18-11-15-14(25(3)17(31)7-6-9-27(18,25)35)8-10-28(36)23(34)40-26(4)19-12-24(2)16(22(33)39-19)13-38-29(15)21(32)20(24)30(26,28)41-29/h6-7,14-16,18-20,35-36H,5,8-13H2,1-4H3/t14-,15+,16-,18+,19+,20-,24+,25-,26-,27-,28-,29-,30-/m0/s1. The highest BCUT2D eigenvalue weighted by Gasteiger charge is 2.93. The van der Waals surface area contributed by atoms with Gasteiger partial charge in [0.25, 0.3) is 0 Å². The van der Waals surface area contributed by atoms with Crippen molar-refractivity contribution in [1.29, 1.82) is 0 Å². The maximum atomic E-state index is 15.1. The fourth-order valence-corrected chi connectivity index (χ4v) is 10.9. The summed E-state index contributed by atoms with van der Waals surface area (Å²) in [5.41, 5.74) is -9.92. The summed E-state index contributed by atoms with van der Waals surface area (Å²) in [6.07, 6.45) is 1.81. The first-order valence-electron chi connectivity index (χ1n) is 14.8. The Bertz CT molecular complexity index is 1360. The van der Waals surface area contributed by atoms with Gasteiger partial charge < -0.3 is 33.9 Å². The Morgan fingerprint density at radius 3 is 2.59 bits per heavy atom. The predicted molar refractivity (Wildman–Crippen MR) is 135 cm³/mol. The molecule has 8 rings (SSSR count). The molecule has 41 heavy (non-hydrogen) atoms. The van der Waals surface area contributed by atoms with Crippen LogP contribution in [-0.4, -0.2) is 87.3 Å². The maximum Gasteiger partial charge on any atom is 0.342 e. The Balaban J connectivity index is 1.42. The van der Waals surface area contributed by atoms with Crippen molar-refractivity contribution >= 4 is 23.5 Å². The summed E-state index contributed by atoms with van der Waals surface area (Å²) in [4.78, 5) is 56.2. The summed E-state index contributed by atoms with van der Waals surface area (Å²) in [5.74, 6) is -7.76. The number of ketones is 2. The van der Waals surface area contributed by atoms with E-state index in [1.54, 1.807) is 26.8 Å². The summed E-state index contributed by atoms with van der Waals surface area (Å²) in [5, 5.41) is 24.8. The lowest BCUT2D eigenvalue weighted by atomic mass is 9.46. The zero-order valence-corrected chi connectivity index (χ0v) is 23.6. The van der Waals surface area contributed by atoms with Crippen LogP contribution in [0, 0.1) is 34.5 Å². The number of carbonyl (C=O) groups is 4. The van der Waals surface area contributed by atoms with Crippen molar-refractivity contribution in [3.05, 3.63) is 12.2 Å². The van der Waals surface area contributed by atoms with Crippen molar-refractivity contribution < 1.29 is 53.1 Å². The van der Waals surface area contributed by atoms with Crippen LogP contribution in [0.1, 0.15) is 59.8 Å². The van der Waals surface area contributed by atoms with Crippen LogP contribution in [0.15, 0.2) is 12.2 Å².